The number of pyridine rings is 1. The van der Waals surface area contributed by atoms with Gasteiger partial charge in [0.05, 0.1) is 24.1 Å². The number of rotatable bonds is 12. The topological polar surface area (TPSA) is 121 Å². The molecule has 10 nitrogen and oxygen atoms in total. The van der Waals surface area contributed by atoms with Crippen molar-refractivity contribution in [2.24, 2.45) is 16.7 Å². The summed E-state index contributed by atoms with van der Waals surface area (Å²) in [6.07, 6.45) is 12.2. The number of nitrogens with zero attached hydrogens (tertiary/aromatic N) is 5. The van der Waals surface area contributed by atoms with E-state index in [0.29, 0.717) is 47.3 Å². The van der Waals surface area contributed by atoms with Gasteiger partial charge in [0.1, 0.15) is 10.0 Å². The molecule has 3 aromatic heterocycles. The van der Waals surface area contributed by atoms with Gasteiger partial charge in [-0.05, 0) is 87.2 Å². The van der Waals surface area contributed by atoms with Crippen molar-refractivity contribution >= 4 is 27.5 Å². The molecule has 12 heteroatoms. The minimum Gasteiger partial charge on any atom is -0.477 e. The first kappa shape index (κ1) is 29.6. The molecule has 0 aromatic carbocycles. The lowest BCUT2D eigenvalue weighted by atomic mass is 9.89. The number of nitrogens with one attached hydrogen (secondary N) is 1. The van der Waals surface area contributed by atoms with Crippen molar-refractivity contribution in [2.45, 2.75) is 90.5 Å². The fraction of sp³-hybridized carbons (Fsp3) is 0.586. The molecule has 0 aliphatic heterocycles. The number of carbonyl (C=O) groups is 1. The molecule has 0 spiro atoms. The molecule has 1 atom stereocenters. The predicted molar refractivity (Wildman–Crippen MR) is 156 cm³/mol. The summed E-state index contributed by atoms with van der Waals surface area (Å²) >= 11 is 6.30. The van der Waals surface area contributed by atoms with Gasteiger partial charge in [-0.25, -0.2) is 22.8 Å². The molecule has 5 rings (SSSR count). The molecule has 3 aromatic rings. The molecular formula is C29H39ClN6O4S. The third-order valence-corrected chi connectivity index (χ3v) is 10.3. The largest absolute Gasteiger partial charge is 0.477 e. The molecule has 1 amide bonds. The maximum Gasteiger partial charge on any atom is 0.268 e. The molecule has 222 valence electrons. The smallest absolute Gasteiger partial charge is 0.268 e. The van der Waals surface area contributed by atoms with Crippen molar-refractivity contribution in [3.8, 4) is 11.7 Å². The first-order chi connectivity index (χ1) is 19.3. The highest BCUT2D eigenvalue weighted by Gasteiger charge is 2.36. The molecular weight excluding hydrogens is 564 g/mol. The van der Waals surface area contributed by atoms with E-state index in [1.165, 1.54) is 49.0 Å². The molecule has 2 aliphatic rings. The summed E-state index contributed by atoms with van der Waals surface area (Å²) in [7, 11) is -4.17. The van der Waals surface area contributed by atoms with Crippen molar-refractivity contribution in [1.82, 2.24) is 29.3 Å². The van der Waals surface area contributed by atoms with Crippen LogP contribution in [0.4, 0.5) is 0 Å². The van der Waals surface area contributed by atoms with Gasteiger partial charge in [-0.15, -0.1) is 5.10 Å². The maximum atomic E-state index is 13.1. The highest BCUT2D eigenvalue weighted by molar-refractivity contribution is 7.90. The van der Waals surface area contributed by atoms with Crippen LogP contribution in [0.5, 0.6) is 5.88 Å². The van der Waals surface area contributed by atoms with E-state index in [2.05, 4.69) is 40.7 Å². The number of aryl methyl sites for hydroxylation is 1. The van der Waals surface area contributed by atoms with E-state index in [9.17, 15) is 13.2 Å². The first-order valence-electron chi connectivity index (χ1n) is 14.3. The second kappa shape index (κ2) is 11.4. The number of aromatic nitrogens is 5. The summed E-state index contributed by atoms with van der Waals surface area (Å²) in [6, 6.07) is 4.70. The van der Waals surface area contributed by atoms with Crippen LogP contribution >= 0.6 is 11.6 Å². The summed E-state index contributed by atoms with van der Waals surface area (Å²) in [5, 5.41) is 8.50. The second-order valence-electron chi connectivity index (χ2n) is 12.7. The van der Waals surface area contributed by atoms with Gasteiger partial charge in [0.2, 0.25) is 5.88 Å². The zero-order valence-electron chi connectivity index (χ0n) is 24.2. The number of carbonyl (C=O) groups excluding carboxylic acids is 1. The molecule has 0 radical (unpaired) electrons. The fourth-order valence-corrected chi connectivity index (χ4v) is 6.99. The zero-order valence-corrected chi connectivity index (χ0v) is 25.8. The minimum atomic E-state index is -4.17. The Labute approximate surface area is 246 Å². The Hall–Kier alpha value is -2.92. The van der Waals surface area contributed by atoms with E-state index < -0.39 is 15.9 Å². The van der Waals surface area contributed by atoms with Crippen molar-refractivity contribution in [3.63, 3.8) is 0 Å². The molecule has 3 heterocycles. The van der Waals surface area contributed by atoms with Crippen molar-refractivity contribution < 1.29 is 17.9 Å². The normalized spacial score (nSPS) is 19.3. The maximum absolute atomic E-state index is 13.1. The number of hydrogen-bond donors (Lipinski definition) is 1. The summed E-state index contributed by atoms with van der Waals surface area (Å²) in [6.45, 7) is 9.79. The van der Waals surface area contributed by atoms with E-state index in [-0.39, 0.29) is 15.6 Å². The van der Waals surface area contributed by atoms with E-state index in [0.717, 1.165) is 19.3 Å². The summed E-state index contributed by atoms with van der Waals surface area (Å²) in [4.78, 5) is 17.1. The molecule has 41 heavy (non-hydrogen) atoms. The molecule has 2 fully saturated rings. The lowest BCUT2D eigenvalue weighted by Crippen LogP contribution is -2.31. The highest BCUT2D eigenvalue weighted by Crippen LogP contribution is 2.48. The Kier molecular flexibility index (Phi) is 8.22. The number of ether oxygens (including phenoxy) is 1. The summed E-state index contributed by atoms with van der Waals surface area (Å²) < 4.78 is 37.2. The Bertz CT molecular complexity index is 1530. The SMILES string of the molecule is Cc1c(S(=O)(=O)NC(=O)c2ccc(-n3ccc(OCCC4(C)CC4)n3)nc2Cl)cnn1CCCC1CCC(C)(C)C1. The molecule has 0 bridgehead atoms. The molecule has 2 saturated carbocycles. The highest BCUT2D eigenvalue weighted by atomic mass is 35.5. The van der Waals surface area contributed by atoms with Crippen LogP contribution in [-0.2, 0) is 16.6 Å². The number of halogens is 1. The van der Waals surface area contributed by atoms with E-state index in [4.69, 9.17) is 16.3 Å². The van der Waals surface area contributed by atoms with Crippen LogP contribution < -0.4 is 9.46 Å². The average Bonchev–Trinajstić information content (AvgIpc) is 3.21. The van der Waals surface area contributed by atoms with Gasteiger partial charge < -0.3 is 4.74 Å². The van der Waals surface area contributed by atoms with Gasteiger partial charge in [-0.2, -0.15) is 5.10 Å². The quantitative estimate of drug-likeness (QED) is 0.263. The third kappa shape index (κ3) is 7.12. The lowest BCUT2D eigenvalue weighted by Gasteiger charge is -2.17. The van der Waals surface area contributed by atoms with Crippen LogP contribution in [0, 0.1) is 23.7 Å². The Morgan fingerprint density at radius 1 is 1.20 bits per heavy atom. The minimum absolute atomic E-state index is 0.0340. The molecule has 2 aliphatic carbocycles. The molecule has 0 saturated heterocycles. The number of hydrogen-bond acceptors (Lipinski definition) is 7. The third-order valence-electron chi connectivity index (χ3n) is 8.56. The van der Waals surface area contributed by atoms with E-state index >= 15 is 0 Å². The van der Waals surface area contributed by atoms with E-state index in [1.807, 2.05) is 0 Å². The van der Waals surface area contributed by atoms with Crippen LogP contribution in [0.2, 0.25) is 5.15 Å². The van der Waals surface area contributed by atoms with Gasteiger partial charge in [0.25, 0.3) is 15.9 Å². The second-order valence-corrected chi connectivity index (χ2v) is 14.7. The van der Waals surface area contributed by atoms with Crippen LogP contribution in [0.15, 0.2) is 35.5 Å². The Morgan fingerprint density at radius 3 is 2.66 bits per heavy atom. The standard InChI is InChI=1S/C29H39ClN6O4S/c1-20-23(19-31-35(20)15-5-6-21-9-11-28(2,3)18-21)41(38,39)34-27(37)22-7-8-24(32-26(22)30)36-16-10-25(33-36)40-17-14-29(4)12-13-29/h7-8,10,16,19,21H,5-6,9,11-15,17-18H2,1-4H3,(H,34,37). The summed E-state index contributed by atoms with van der Waals surface area (Å²) in [5.41, 5.74) is 1.23. The van der Waals surface area contributed by atoms with Crippen LogP contribution in [-0.4, -0.2) is 45.5 Å². The van der Waals surface area contributed by atoms with E-state index in [1.54, 1.807) is 29.9 Å². The molecule has 1 N–H and O–H groups in total. The van der Waals surface area contributed by atoms with Gasteiger partial charge in [-0.1, -0.05) is 32.4 Å². The zero-order chi connectivity index (χ0) is 29.4. The van der Waals surface area contributed by atoms with Crippen molar-refractivity contribution in [3.05, 3.63) is 47.0 Å². The van der Waals surface area contributed by atoms with Gasteiger partial charge >= 0.3 is 0 Å². The van der Waals surface area contributed by atoms with Crippen molar-refractivity contribution in [2.75, 3.05) is 6.61 Å². The Morgan fingerprint density at radius 2 is 1.98 bits per heavy atom. The summed E-state index contributed by atoms with van der Waals surface area (Å²) in [5.74, 6) is 0.677. The first-order valence-corrected chi connectivity index (χ1v) is 16.2. The van der Waals surface area contributed by atoms with Gasteiger partial charge in [0, 0.05) is 18.8 Å². The number of amides is 1. The number of sulfonamides is 1. The molecule has 1 unspecified atom stereocenters. The van der Waals surface area contributed by atoms with Crippen LogP contribution in [0.25, 0.3) is 5.82 Å². The van der Waals surface area contributed by atoms with Gasteiger partial charge in [-0.3, -0.25) is 9.48 Å². The van der Waals surface area contributed by atoms with Crippen LogP contribution in [0.3, 0.4) is 0 Å². The van der Waals surface area contributed by atoms with Gasteiger partial charge in [0.15, 0.2) is 5.82 Å². The Balaban J connectivity index is 1.18. The fourth-order valence-electron chi connectivity index (χ4n) is 5.61. The van der Waals surface area contributed by atoms with Crippen molar-refractivity contribution in [1.29, 1.82) is 0 Å². The van der Waals surface area contributed by atoms with Crippen LogP contribution in [0.1, 0.15) is 88.2 Å². The monoisotopic (exact) mass is 602 g/mol. The average molecular weight is 603 g/mol. The lowest BCUT2D eigenvalue weighted by molar-refractivity contribution is 0.0981. The predicted octanol–water partition coefficient (Wildman–Crippen LogP) is 5.72.